The molecule has 8 nitrogen and oxygen atoms in total. The van der Waals surface area contributed by atoms with Crippen molar-refractivity contribution in [3.8, 4) is 5.75 Å². The fourth-order valence-corrected chi connectivity index (χ4v) is 4.87. The van der Waals surface area contributed by atoms with Crippen molar-refractivity contribution in [1.29, 1.82) is 0 Å². The van der Waals surface area contributed by atoms with Gasteiger partial charge >= 0.3 is 0 Å². The largest absolute Gasteiger partial charge is 0.488 e. The molecule has 0 radical (unpaired) electrons. The van der Waals surface area contributed by atoms with Crippen molar-refractivity contribution in [2.24, 2.45) is 5.92 Å². The van der Waals surface area contributed by atoms with Crippen molar-refractivity contribution in [3.05, 3.63) is 48.3 Å². The van der Waals surface area contributed by atoms with E-state index in [2.05, 4.69) is 37.0 Å². The van der Waals surface area contributed by atoms with Gasteiger partial charge in [-0.3, -0.25) is 4.98 Å². The Morgan fingerprint density at radius 2 is 1.71 bits per heavy atom. The standard InChI is InChI=1S/C26H33N5O3/c1-26(2,32)25-29-16-19(17-30-25)13-18-3-5-21(6-4-18)34-23-15-20(31-9-11-33-12-10-31)14-22-24(23)28-8-7-27-22/h7-8,14-18,21,32H,3-6,9-13H2,1-2H3. The summed E-state index contributed by atoms with van der Waals surface area (Å²) < 4.78 is 12.1. The van der Waals surface area contributed by atoms with E-state index in [1.165, 1.54) is 0 Å². The Kier molecular flexibility index (Phi) is 6.61. The normalized spacial score (nSPS) is 21.6. The van der Waals surface area contributed by atoms with Gasteiger partial charge in [0.2, 0.25) is 0 Å². The number of aliphatic hydroxyl groups is 1. The van der Waals surface area contributed by atoms with Crippen molar-refractivity contribution < 1.29 is 14.6 Å². The van der Waals surface area contributed by atoms with Crippen LogP contribution in [-0.2, 0) is 16.8 Å². The maximum absolute atomic E-state index is 10.1. The lowest BCUT2D eigenvalue weighted by Gasteiger charge is -2.31. The van der Waals surface area contributed by atoms with Gasteiger partial charge in [-0.15, -0.1) is 0 Å². The second-order valence-corrected chi connectivity index (χ2v) is 9.91. The van der Waals surface area contributed by atoms with Gasteiger partial charge in [-0.25, -0.2) is 15.0 Å². The van der Waals surface area contributed by atoms with Crippen LogP contribution in [0.4, 0.5) is 5.69 Å². The molecule has 1 N–H and O–H groups in total. The highest BCUT2D eigenvalue weighted by Gasteiger charge is 2.25. The summed E-state index contributed by atoms with van der Waals surface area (Å²) in [4.78, 5) is 20.1. The summed E-state index contributed by atoms with van der Waals surface area (Å²) in [5.74, 6) is 1.88. The van der Waals surface area contributed by atoms with Crippen LogP contribution in [0.5, 0.6) is 5.75 Å². The molecule has 8 heteroatoms. The first-order chi connectivity index (χ1) is 16.5. The summed E-state index contributed by atoms with van der Waals surface area (Å²) in [5.41, 5.74) is 2.92. The summed E-state index contributed by atoms with van der Waals surface area (Å²) in [6.07, 6.45) is 12.5. The number of benzene rings is 1. The molecule has 180 valence electrons. The predicted molar refractivity (Wildman–Crippen MR) is 130 cm³/mol. The number of rotatable bonds is 6. The van der Waals surface area contributed by atoms with Crippen LogP contribution in [0.15, 0.2) is 36.9 Å². The number of nitrogens with zero attached hydrogens (tertiary/aromatic N) is 5. The van der Waals surface area contributed by atoms with Crippen molar-refractivity contribution in [2.75, 3.05) is 31.2 Å². The highest BCUT2D eigenvalue weighted by molar-refractivity contribution is 5.85. The van der Waals surface area contributed by atoms with Crippen molar-refractivity contribution >= 4 is 16.7 Å². The van der Waals surface area contributed by atoms with Crippen LogP contribution in [0, 0.1) is 5.92 Å². The molecule has 1 saturated heterocycles. The minimum absolute atomic E-state index is 0.176. The molecule has 3 aromatic rings. The van der Waals surface area contributed by atoms with Gasteiger partial charge in [0, 0.05) is 49.6 Å². The molecule has 0 atom stereocenters. The predicted octanol–water partition coefficient (Wildman–Crippen LogP) is 3.66. The Hall–Kier alpha value is -2.84. The molecule has 0 amide bonds. The Morgan fingerprint density at radius 1 is 1.00 bits per heavy atom. The highest BCUT2D eigenvalue weighted by atomic mass is 16.5. The fraction of sp³-hybridized carbons (Fsp3) is 0.538. The molecule has 2 aromatic heterocycles. The van der Waals surface area contributed by atoms with Crippen LogP contribution in [0.1, 0.15) is 50.9 Å². The summed E-state index contributed by atoms with van der Waals surface area (Å²) in [5, 5.41) is 10.1. The number of hydrogen-bond donors (Lipinski definition) is 1. The van der Waals surface area contributed by atoms with E-state index in [4.69, 9.17) is 9.47 Å². The van der Waals surface area contributed by atoms with Crippen LogP contribution in [0.3, 0.4) is 0 Å². The van der Waals surface area contributed by atoms with E-state index in [1.54, 1.807) is 26.2 Å². The summed E-state index contributed by atoms with van der Waals surface area (Å²) >= 11 is 0. The zero-order valence-electron chi connectivity index (χ0n) is 20.0. The van der Waals surface area contributed by atoms with Gasteiger partial charge in [-0.1, -0.05) is 0 Å². The second kappa shape index (κ2) is 9.80. The SMILES string of the molecule is CC(C)(O)c1ncc(CC2CCC(Oc3cc(N4CCOCC4)cc4nccnc34)CC2)cn1. The minimum Gasteiger partial charge on any atom is -0.488 e. The third-order valence-corrected chi connectivity index (χ3v) is 6.76. The van der Waals surface area contributed by atoms with Gasteiger partial charge in [0.15, 0.2) is 5.82 Å². The topological polar surface area (TPSA) is 93.5 Å². The molecule has 1 aliphatic heterocycles. The lowest BCUT2D eigenvalue weighted by atomic mass is 9.84. The molecule has 2 fully saturated rings. The number of aromatic nitrogens is 4. The lowest BCUT2D eigenvalue weighted by molar-refractivity contribution is 0.0686. The van der Waals surface area contributed by atoms with E-state index in [0.29, 0.717) is 11.7 Å². The van der Waals surface area contributed by atoms with Crippen molar-refractivity contribution in [3.63, 3.8) is 0 Å². The average molecular weight is 464 g/mol. The molecular weight excluding hydrogens is 430 g/mol. The number of fused-ring (bicyclic) bond motifs is 1. The Balaban J connectivity index is 1.23. The van der Waals surface area contributed by atoms with E-state index in [0.717, 1.165) is 86.4 Å². The van der Waals surface area contributed by atoms with E-state index in [1.807, 2.05) is 12.4 Å². The Morgan fingerprint density at radius 3 is 2.41 bits per heavy atom. The van der Waals surface area contributed by atoms with E-state index in [-0.39, 0.29) is 6.10 Å². The summed E-state index contributed by atoms with van der Waals surface area (Å²) in [7, 11) is 0. The molecule has 34 heavy (non-hydrogen) atoms. The monoisotopic (exact) mass is 463 g/mol. The molecule has 5 rings (SSSR count). The van der Waals surface area contributed by atoms with Gasteiger partial charge in [0.25, 0.3) is 0 Å². The zero-order chi connectivity index (χ0) is 23.5. The third-order valence-electron chi connectivity index (χ3n) is 6.76. The van der Waals surface area contributed by atoms with Gasteiger partial charge in [-0.05, 0) is 63.5 Å². The van der Waals surface area contributed by atoms with E-state index >= 15 is 0 Å². The molecule has 1 aliphatic carbocycles. The third kappa shape index (κ3) is 5.28. The van der Waals surface area contributed by atoms with Crippen molar-refractivity contribution in [2.45, 2.75) is 57.7 Å². The van der Waals surface area contributed by atoms with Crippen LogP contribution in [0.2, 0.25) is 0 Å². The minimum atomic E-state index is -1.01. The maximum Gasteiger partial charge on any atom is 0.159 e. The van der Waals surface area contributed by atoms with Crippen molar-refractivity contribution in [1.82, 2.24) is 19.9 Å². The summed E-state index contributed by atoms with van der Waals surface area (Å²) in [6.45, 7) is 6.63. The molecule has 1 saturated carbocycles. The van der Waals surface area contributed by atoms with Crippen LogP contribution < -0.4 is 9.64 Å². The molecular formula is C26H33N5O3. The Labute approximate surface area is 200 Å². The zero-order valence-corrected chi connectivity index (χ0v) is 20.0. The number of anilines is 1. The van der Waals surface area contributed by atoms with E-state index in [9.17, 15) is 5.11 Å². The molecule has 3 heterocycles. The first-order valence-corrected chi connectivity index (χ1v) is 12.2. The first kappa shape index (κ1) is 22.9. The molecule has 1 aromatic carbocycles. The summed E-state index contributed by atoms with van der Waals surface area (Å²) in [6, 6.07) is 4.22. The maximum atomic E-state index is 10.1. The smallest absolute Gasteiger partial charge is 0.159 e. The van der Waals surface area contributed by atoms with Crippen LogP contribution in [-0.4, -0.2) is 57.4 Å². The molecule has 0 unspecified atom stereocenters. The first-order valence-electron chi connectivity index (χ1n) is 12.2. The Bertz CT molecular complexity index is 1100. The van der Waals surface area contributed by atoms with Gasteiger partial charge in [0.05, 0.1) is 24.8 Å². The number of hydrogen-bond acceptors (Lipinski definition) is 8. The quantitative estimate of drug-likeness (QED) is 0.592. The highest BCUT2D eigenvalue weighted by Crippen LogP contribution is 2.34. The van der Waals surface area contributed by atoms with Gasteiger partial charge in [-0.2, -0.15) is 0 Å². The number of ether oxygens (including phenoxy) is 2. The van der Waals surface area contributed by atoms with Crippen LogP contribution in [0.25, 0.3) is 11.0 Å². The molecule has 0 spiro atoms. The van der Waals surface area contributed by atoms with Gasteiger partial charge in [0.1, 0.15) is 16.9 Å². The molecule has 0 bridgehead atoms. The van der Waals surface area contributed by atoms with Gasteiger partial charge < -0.3 is 19.5 Å². The second-order valence-electron chi connectivity index (χ2n) is 9.91. The van der Waals surface area contributed by atoms with Crippen LogP contribution >= 0.6 is 0 Å². The fourth-order valence-electron chi connectivity index (χ4n) is 4.87. The number of morpholine rings is 1. The lowest BCUT2D eigenvalue weighted by Crippen LogP contribution is -2.36. The average Bonchev–Trinajstić information content (AvgIpc) is 2.85. The van der Waals surface area contributed by atoms with E-state index < -0.39 is 5.60 Å². The molecule has 2 aliphatic rings.